The second kappa shape index (κ2) is 5.09. The van der Waals surface area contributed by atoms with Gasteiger partial charge in [0.15, 0.2) is 5.13 Å². The van der Waals surface area contributed by atoms with Gasteiger partial charge in [-0.25, -0.2) is 4.98 Å². The van der Waals surface area contributed by atoms with Crippen LogP contribution in [0.4, 0.5) is 5.13 Å². The van der Waals surface area contributed by atoms with Gasteiger partial charge in [-0.3, -0.25) is 15.1 Å². The molecule has 0 radical (unpaired) electrons. The number of hydrogen-bond donors (Lipinski definition) is 1. The summed E-state index contributed by atoms with van der Waals surface area (Å²) in [6.07, 6.45) is 4.90. The number of nitrogens with one attached hydrogen (secondary N) is 1. The van der Waals surface area contributed by atoms with Crippen molar-refractivity contribution in [3.63, 3.8) is 0 Å². The quantitative estimate of drug-likeness (QED) is 0.915. The van der Waals surface area contributed by atoms with Crippen molar-refractivity contribution in [3.8, 4) is 0 Å². The van der Waals surface area contributed by atoms with Crippen LogP contribution in [0.1, 0.15) is 34.4 Å². The Balaban J connectivity index is 1.76. The van der Waals surface area contributed by atoms with Gasteiger partial charge >= 0.3 is 0 Å². The van der Waals surface area contributed by atoms with Crippen molar-refractivity contribution in [3.05, 3.63) is 40.7 Å². The summed E-state index contributed by atoms with van der Waals surface area (Å²) in [5.41, 5.74) is 1.57. The smallest absolute Gasteiger partial charge is 0.276 e. The number of carbonyl (C=O) groups excluding carboxylic acids is 1. The van der Waals surface area contributed by atoms with Gasteiger partial charge in [0.2, 0.25) is 0 Å². The molecule has 5 heteroatoms. The molecule has 2 aromatic heterocycles. The van der Waals surface area contributed by atoms with Crippen molar-refractivity contribution in [1.29, 1.82) is 0 Å². The molecule has 0 saturated heterocycles. The lowest BCUT2D eigenvalue weighted by molar-refractivity contribution is 0.102. The van der Waals surface area contributed by atoms with Crippen LogP contribution in [0.3, 0.4) is 0 Å². The maximum atomic E-state index is 12.0. The van der Waals surface area contributed by atoms with Crippen LogP contribution < -0.4 is 5.32 Å². The first-order chi connectivity index (χ1) is 9.22. The van der Waals surface area contributed by atoms with Crippen molar-refractivity contribution >= 4 is 22.4 Å². The Morgan fingerprint density at radius 1 is 1.47 bits per heavy atom. The molecule has 1 atom stereocenters. The van der Waals surface area contributed by atoms with E-state index in [0.29, 0.717) is 16.7 Å². The Kier molecular flexibility index (Phi) is 3.29. The molecule has 0 fully saturated rings. The fourth-order valence-corrected chi connectivity index (χ4v) is 3.42. The summed E-state index contributed by atoms with van der Waals surface area (Å²) in [4.78, 5) is 21.8. The highest BCUT2D eigenvalue weighted by molar-refractivity contribution is 7.15. The zero-order valence-corrected chi connectivity index (χ0v) is 11.5. The monoisotopic (exact) mass is 273 g/mol. The molecule has 0 aromatic carbocycles. The molecule has 2 heterocycles. The van der Waals surface area contributed by atoms with Gasteiger partial charge in [0.25, 0.3) is 5.91 Å². The van der Waals surface area contributed by atoms with E-state index in [9.17, 15) is 4.79 Å². The molecule has 1 aliphatic carbocycles. The number of carbonyl (C=O) groups is 1. The van der Waals surface area contributed by atoms with Gasteiger partial charge in [-0.2, -0.15) is 0 Å². The molecule has 0 aliphatic heterocycles. The Morgan fingerprint density at radius 2 is 2.37 bits per heavy atom. The average molecular weight is 273 g/mol. The molecule has 0 bridgehead atoms. The van der Waals surface area contributed by atoms with Crippen LogP contribution in [0.5, 0.6) is 0 Å². The van der Waals surface area contributed by atoms with Gasteiger partial charge in [0.1, 0.15) is 5.69 Å². The number of amides is 1. The van der Waals surface area contributed by atoms with E-state index in [2.05, 4.69) is 22.2 Å². The molecule has 3 rings (SSSR count). The fraction of sp³-hybridized carbons (Fsp3) is 0.357. The molecule has 1 aliphatic rings. The van der Waals surface area contributed by atoms with E-state index in [-0.39, 0.29) is 5.91 Å². The summed E-state index contributed by atoms with van der Waals surface area (Å²) < 4.78 is 0. The van der Waals surface area contributed by atoms with Crippen LogP contribution in [0.2, 0.25) is 0 Å². The number of aromatic nitrogens is 2. The van der Waals surface area contributed by atoms with Gasteiger partial charge < -0.3 is 0 Å². The van der Waals surface area contributed by atoms with Crippen LogP contribution in [0.15, 0.2) is 24.4 Å². The highest BCUT2D eigenvalue weighted by Gasteiger charge is 2.20. The Bertz CT molecular complexity index is 594. The minimum Gasteiger partial charge on any atom is -0.296 e. The molecule has 0 unspecified atom stereocenters. The summed E-state index contributed by atoms with van der Waals surface area (Å²) in [6.45, 7) is 2.26. The maximum Gasteiger partial charge on any atom is 0.276 e. The first-order valence-corrected chi connectivity index (χ1v) is 7.25. The molecule has 98 valence electrons. The van der Waals surface area contributed by atoms with E-state index in [1.807, 2.05) is 0 Å². The van der Waals surface area contributed by atoms with Gasteiger partial charge in [-0.1, -0.05) is 13.0 Å². The van der Waals surface area contributed by atoms with Crippen molar-refractivity contribution in [2.24, 2.45) is 5.92 Å². The van der Waals surface area contributed by atoms with Crippen LogP contribution in [-0.4, -0.2) is 15.9 Å². The lowest BCUT2D eigenvalue weighted by atomic mass is 9.93. The van der Waals surface area contributed by atoms with Crippen molar-refractivity contribution in [1.82, 2.24) is 9.97 Å². The van der Waals surface area contributed by atoms with E-state index < -0.39 is 0 Å². The Morgan fingerprint density at radius 3 is 3.16 bits per heavy atom. The molecule has 19 heavy (non-hydrogen) atoms. The topological polar surface area (TPSA) is 54.9 Å². The molecule has 0 spiro atoms. The van der Waals surface area contributed by atoms with Crippen LogP contribution in [0, 0.1) is 5.92 Å². The predicted molar refractivity (Wildman–Crippen MR) is 75.5 cm³/mol. The summed E-state index contributed by atoms with van der Waals surface area (Å²) in [5.74, 6) is 0.520. The molecular weight excluding hydrogens is 258 g/mol. The highest BCUT2D eigenvalue weighted by Crippen LogP contribution is 2.32. The van der Waals surface area contributed by atoms with Crippen LogP contribution in [-0.2, 0) is 12.8 Å². The van der Waals surface area contributed by atoms with Gasteiger partial charge in [0.05, 0.1) is 5.69 Å². The van der Waals surface area contributed by atoms with Crippen molar-refractivity contribution in [2.75, 3.05) is 5.32 Å². The SMILES string of the molecule is C[C@@H]1CCc2nc(NC(=O)c3ccccn3)sc2C1. The minimum atomic E-state index is -0.195. The third kappa shape index (κ3) is 2.66. The molecule has 1 amide bonds. The lowest BCUT2D eigenvalue weighted by Gasteiger charge is -2.15. The third-order valence-corrected chi connectivity index (χ3v) is 4.34. The first-order valence-electron chi connectivity index (χ1n) is 6.43. The predicted octanol–water partition coefficient (Wildman–Crippen LogP) is 2.92. The van der Waals surface area contributed by atoms with E-state index in [0.717, 1.165) is 18.5 Å². The number of thiazole rings is 1. The number of anilines is 1. The zero-order chi connectivity index (χ0) is 13.2. The van der Waals surface area contributed by atoms with E-state index >= 15 is 0 Å². The summed E-state index contributed by atoms with van der Waals surface area (Å²) in [6, 6.07) is 5.29. The molecular formula is C14H15N3OS. The van der Waals surface area contributed by atoms with E-state index in [4.69, 9.17) is 0 Å². The molecule has 2 aromatic rings. The highest BCUT2D eigenvalue weighted by atomic mass is 32.1. The largest absolute Gasteiger partial charge is 0.296 e. The summed E-state index contributed by atoms with van der Waals surface area (Å²) >= 11 is 1.59. The Hall–Kier alpha value is -1.75. The number of nitrogens with zero attached hydrogens (tertiary/aromatic N) is 2. The number of rotatable bonds is 2. The van der Waals surface area contributed by atoms with Crippen molar-refractivity contribution in [2.45, 2.75) is 26.2 Å². The standard InChI is InChI=1S/C14H15N3OS/c1-9-5-6-10-12(8-9)19-14(16-10)17-13(18)11-4-2-3-7-15-11/h2-4,7,9H,5-6,8H2,1H3,(H,16,17,18)/t9-/m1/s1. The fourth-order valence-electron chi connectivity index (χ4n) is 2.25. The third-order valence-electron chi connectivity index (χ3n) is 3.30. The number of aryl methyl sites for hydroxylation is 1. The second-order valence-corrected chi connectivity index (χ2v) is 5.99. The van der Waals surface area contributed by atoms with Crippen LogP contribution in [0.25, 0.3) is 0 Å². The molecule has 4 nitrogen and oxygen atoms in total. The zero-order valence-electron chi connectivity index (χ0n) is 10.7. The average Bonchev–Trinajstić information content (AvgIpc) is 2.81. The van der Waals surface area contributed by atoms with Gasteiger partial charge in [0, 0.05) is 11.1 Å². The minimum absolute atomic E-state index is 0.195. The maximum absolute atomic E-state index is 12.0. The number of fused-ring (bicyclic) bond motifs is 1. The summed E-state index contributed by atoms with van der Waals surface area (Å²) in [7, 11) is 0. The van der Waals surface area contributed by atoms with Gasteiger partial charge in [-0.05, 0) is 37.3 Å². The van der Waals surface area contributed by atoms with Crippen LogP contribution >= 0.6 is 11.3 Å². The number of hydrogen-bond acceptors (Lipinski definition) is 4. The second-order valence-electron chi connectivity index (χ2n) is 4.91. The van der Waals surface area contributed by atoms with Gasteiger partial charge in [-0.15, -0.1) is 11.3 Å². The molecule has 0 saturated carbocycles. The van der Waals surface area contributed by atoms with Crippen molar-refractivity contribution < 1.29 is 4.79 Å². The first kappa shape index (κ1) is 12.3. The molecule has 1 N–H and O–H groups in total. The lowest BCUT2D eigenvalue weighted by Crippen LogP contribution is -2.13. The number of pyridine rings is 1. The normalized spacial score (nSPS) is 17.8. The van der Waals surface area contributed by atoms with E-state index in [1.165, 1.54) is 11.3 Å². The Labute approximate surface area is 115 Å². The summed E-state index contributed by atoms with van der Waals surface area (Å²) in [5, 5.41) is 3.53. The van der Waals surface area contributed by atoms with E-state index in [1.54, 1.807) is 35.7 Å².